The van der Waals surface area contributed by atoms with E-state index in [0.29, 0.717) is 6.04 Å². The Kier molecular flexibility index (Phi) is 7.08. The van der Waals surface area contributed by atoms with Gasteiger partial charge in [-0.2, -0.15) is 11.8 Å². The van der Waals surface area contributed by atoms with Gasteiger partial charge in [-0.25, -0.2) is 4.98 Å². The van der Waals surface area contributed by atoms with Gasteiger partial charge in [-0.15, -0.1) is 11.3 Å². The summed E-state index contributed by atoms with van der Waals surface area (Å²) in [5.41, 5.74) is 1.19. The smallest absolute Gasteiger partial charge is 0.0926 e. The van der Waals surface area contributed by atoms with Crippen molar-refractivity contribution in [2.75, 3.05) is 11.5 Å². The molecule has 0 fully saturated rings. The van der Waals surface area contributed by atoms with E-state index in [9.17, 15) is 0 Å². The lowest BCUT2D eigenvalue weighted by atomic mass is 10.2. The molecule has 1 rings (SSSR count). The van der Waals surface area contributed by atoms with E-state index in [-0.39, 0.29) is 0 Å². The third kappa shape index (κ3) is 5.32. The molecule has 1 heterocycles. The molecule has 0 aliphatic carbocycles. The largest absolute Gasteiger partial charge is 0.309 e. The van der Waals surface area contributed by atoms with Gasteiger partial charge >= 0.3 is 0 Å². The Labute approximate surface area is 107 Å². The summed E-state index contributed by atoms with van der Waals surface area (Å²) < 4.78 is 0. The topological polar surface area (TPSA) is 24.9 Å². The summed E-state index contributed by atoms with van der Waals surface area (Å²) in [5, 5.41) is 6.93. The summed E-state index contributed by atoms with van der Waals surface area (Å²) in [7, 11) is 0. The summed E-state index contributed by atoms with van der Waals surface area (Å²) in [5.74, 6) is 2.47. The molecule has 0 amide bonds. The molecule has 1 aromatic heterocycles. The molecule has 1 aromatic rings. The highest BCUT2D eigenvalue weighted by Crippen LogP contribution is 2.10. The number of aromatic nitrogens is 1. The van der Waals surface area contributed by atoms with Crippen LogP contribution in [-0.2, 0) is 13.0 Å². The van der Waals surface area contributed by atoms with Crippen molar-refractivity contribution in [1.82, 2.24) is 10.3 Å². The SMILES string of the molecule is CCSCCC(C)NCc1csc(CC)n1. The number of rotatable bonds is 8. The second kappa shape index (κ2) is 8.09. The van der Waals surface area contributed by atoms with Gasteiger partial charge < -0.3 is 5.32 Å². The van der Waals surface area contributed by atoms with Crippen molar-refractivity contribution in [3.63, 3.8) is 0 Å². The molecule has 0 spiro atoms. The van der Waals surface area contributed by atoms with Crippen LogP contribution in [0.3, 0.4) is 0 Å². The van der Waals surface area contributed by atoms with Crippen LogP contribution in [0.2, 0.25) is 0 Å². The molecular weight excluding hydrogens is 236 g/mol. The van der Waals surface area contributed by atoms with Gasteiger partial charge in [0.1, 0.15) is 0 Å². The number of hydrogen-bond acceptors (Lipinski definition) is 4. The molecule has 1 N–H and O–H groups in total. The van der Waals surface area contributed by atoms with E-state index in [2.05, 4.69) is 36.5 Å². The lowest BCUT2D eigenvalue weighted by Crippen LogP contribution is -2.26. The highest BCUT2D eigenvalue weighted by Gasteiger charge is 2.03. The van der Waals surface area contributed by atoms with Crippen LogP contribution in [-0.4, -0.2) is 22.5 Å². The minimum atomic E-state index is 0.589. The monoisotopic (exact) mass is 258 g/mol. The van der Waals surface area contributed by atoms with Crippen molar-refractivity contribution in [3.8, 4) is 0 Å². The molecule has 0 aliphatic heterocycles. The molecule has 0 aromatic carbocycles. The Morgan fingerprint density at radius 2 is 2.31 bits per heavy atom. The summed E-state index contributed by atoms with van der Waals surface area (Å²) in [6.07, 6.45) is 2.29. The van der Waals surface area contributed by atoms with Gasteiger partial charge in [-0.1, -0.05) is 13.8 Å². The predicted octanol–water partition coefficient (Wildman–Crippen LogP) is 3.33. The summed E-state index contributed by atoms with van der Waals surface area (Å²) >= 11 is 3.78. The molecule has 2 nitrogen and oxygen atoms in total. The summed E-state index contributed by atoms with van der Waals surface area (Å²) in [6, 6.07) is 0.589. The maximum absolute atomic E-state index is 4.55. The van der Waals surface area contributed by atoms with Crippen LogP contribution in [0.4, 0.5) is 0 Å². The van der Waals surface area contributed by atoms with Crippen molar-refractivity contribution >= 4 is 23.1 Å². The fourth-order valence-electron chi connectivity index (χ4n) is 1.38. The first-order valence-electron chi connectivity index (χ1n) is 6.00. The van der Waals surface area contributed by atoms with E-state index >= 15 is 0 Å². The van der Waals surface area contributed by atoms with Crippen LogP contribution in [0.1, 0.15) is 37.9 Å². The quantitative estimate of drug-likeness (QED) is 0.724. The number of thiazole rings is 1. The number of aryl methyl sites for hydroxylation is 1. The van der Waals surface area contributed by atoms with Crippen molar-refractivity contribution in [3.05, 3.63) is 16.1 Å². The summed E-state index contributed by atoms with van der Waals surface area (Å²) in [6.45, 7) is 7.53. The van der Waals surface area contributed by atoms with Crippen LogP contribution in [0.15, 0.2) is 5.38 Å². The van der Waals surface area contributed by atoms with Crippen molar-refractivity contribution in [2.45, 2.75) is 46.2 Å². The molecule has 0 radical (unpaired) electrons. The van der Waals surface area contributed by atoms with Gasteiger partial charge in [0.15, 0.2) is 0 Å². The Hall–Kier alpha value is -0.0600. The molecule has 1 unspecified atom stereocenters. The molecule has 4 heteroatoms. The van der Waals surface area contributed by atoms with Crippen molar-refractivity contribution < 1.29 is 0 Å². The normalized spacial score (nSPS) is 12.9. The second-order valence-corrected chi connectivity index (χ2v) is 6.19. The van der Waals surface area contributed by atoms with Crippen LogP contribution in [0.25, 0.3) is 0 Å². The first-order valence-corrected chi connectivity index (χ1v) is 8.04. The number of nitrogens with one attached hydrogen (secondary N) is 1. The molecule has 92 valence electrons. The van der Waals surface area contributed by atoms with Gasteiger partial charge in [-0.05, 0) is 31.3 Å². The van der Waals surface area contributed by atoms with Crippen molar-refractivity contribution in [2.24, 2.45) is 0 Å². The van der Waals surface area contributed by atoms with Gasteiger partial charge in [0.05, 0.1) is 10.7 Å². The molecule has 0 saturated heterocycles. The number of nitrogens with zero attached hydrogens (tertiary/aromatic N) is 1. The van der Waals surface area contributed by atoms with Gasteiger partial charge in [0.2, 0.25) is 0 Å². The van der Waals surface area contributed by atoms with E-state index in [1.807, 2.05) is 11.8 Å². The standard InChI is InChI=1S/C12H22N2S2/c1-4-12-14-11(9-16-12)8-13-10(3)6-7-15-5-2/h9-10,13H,4-8H2,1-3H3. The lowest BCUT2D eigenvalue weighted by Gasteiger charge is -2.11. The van der Waals surface area contributed by atoms with Gasteiger partial charge in [-0.3, -0.25) is 0 Å². The zero-order valence-corrected chi connectivity index (χ0v) is 12.1. The van der Waals surface area contributed by atoms with E-state index in [1.54, 1.807) is 11.3 Å². The lowest BCUT2D eigenvalue weighted by molar-refractivity contribution is 0.533. The Bertz CT molecular complexity index is 286. The Morgan fingerprint density at radius 3 is 2.94 bits per heavy atom. The second-order valence-electron chi connectivity index (χ2n) is 3.85. The highest BCUT2D eigenvalue weighted by molar-refractivity contribution is 7.99. The maximum Gasteiger partial charge on any atom is 0.0926 e. The van der Waals surface area contributed by atoms with E-state index in [1.165, 1.54) is 28.6 Å². The van der Waals surface area contributed by atoms with Crippen LogP contribution in [0, 0.1) is 0 Å². The fraction of sp³-hybridized carbons (Fsp3) is 0.750. The first kappa shape index (κ1) is 14.0. The average molecular weight is 258 g/mol. The third-order valence-electron chi connectivity index (χ3n) is 2.43. The number of hydrogen-bond donors (Lipinski definition) is 1. The predicted molar refractivity (Wildman–Crippen MR) is 75.4 cm³/mol. The molecule has 0 saturated carbocycles. The average Bonchev–Trinajstić information content (AvgIpc) is 2.74. The van der Waals surface area contributed by atoms with Gasteiger partial charge in [0.25, 0.3) is 0 Å². The van der Waals surface area contributed by atoms with Crippen LogP contribution >= 0.6 is 23.1 Å². The molecule has 1 atom stereocenters. The molecule has 16 heavy (non-hydrogen) atoms. The third-order valence-corrected chi connectivity index (χ3v) is 4.41. The Morgan fingerprint density at radius 1 is 1.50 bits per heavy atom. The van der Waals surface area contributed by atoms with Crippen LogP contribution < -0.4 is 5.32 Å². The van der Waals surface area contributed by atoms with Crippen LogP contribution in [0.5, 0.6) is 0 Å². The van der Waals surface area contributed by atoms with E-state index in [4.69, 9.17) is 0 Å². The zero-order valence-electron chi connectivity index (χ0n) is 10.5. The molecular formula is C12H22N2S2. The molecule has 0 aliphatic rings. The number of thioether (sulfide) groups is 1. The molecule has 0 bridgehead atoms. The minimum absolute atomic E-state index is 0.589. The fourth-order valence-corrected chi connectivity index (χ4v) is 2.93. The zero-order chi connectivity index (χ0) is 11.8. The van der Waals surface area contributed by atoms with Crippen molar-refractivity contribution in [1.29, 1.82) is 0 Å². The van der Waals surface area contributed by atoms with Gasteiger partial charge in [0, 0.05) is 18.0 Å². The summed E-state index contributed by atoms with van der Waals surface area (Å²) in [4.78, 5) is 4.55. The van der Waals surface area contributed by atoms with E-state index < -0.39 is 0 Å². The Balaban J connectivity index is 2.18. The highest BCUT2D eigenvalue weighted by atomic mass is 32.2. The first-order chi connectivity index (χ1) is 7.76. The minimum Gasteiger partial charge on any atom is -0.309 e. The van der Waals surface area contributed by atoms with E-state index in [0.717, 1.165) is 13.0 Å². The maximum atomic E-state index is 4.55.